The summed E-state index contributed by atoms with van der Waals surface area (Å²) in [5, 5.41) is 10.6. The van der Waals surface area contributed by atoms with Crippen LogP contribution in [0.25, 0.3) is 0 Å². The molecule has 0 aromatic heterocycles. The number of aliphatic hydroxyl groups excluding tert-OH is 1. The van der Waals surface area contributed by atoms with Gasteiger partial charge in [0.05, 0.1) is 26.4 Å². The van der Waals surface area contributed by atoms with Gasteiger partial charge in [-0.15, -0.1) is 0 Å². The molecule has 0 aromatic carbocycles. The Balaban J connectivity index is 5.35. The summed E-state index contributed by atoms with van der Waals surface area (Å²) < 4.78 is 68.4. The number of esters is 4. The highest BCUT2D eigenvalue weighted by Crippen LogP contribution is 2.45. The van der Waals surface area contributed by atoms with Gasteiger partial charge < -0.3 is 33.8 Å². The van der Waals surface area contributed by atoms with Crippen molar-refractivity contribution in [1.29, 1.82) is 0 Å². The van der Waals surface area contributed by atoms with Gasteiger partial charge in [0.2, 0.25) is 0 Å². The molecule has 5 atom stereocenters. The lowest BCUT2D eigenvalue weighted by Crippen LogP contribution is -2.30. The highest BCUT2D eigenvalue weighted by atomic mass is 31.2. The fourth-order valence-electron chi connectivity index (χ4n) is 10.1. The van der Waals surface area contributed by atoms with Crippen molar-refractivity contribution in [1.82, 2.24) is 0 Å². The molecule has 0 aromatic rings. The van der Waals surface area contributed by atoms with E-state index in [4.69, 9.17) is 37.0 Å². The van der Waals surface area contributed by atoms with Crippen LogP contribution in [0.4, 0.5) is 0 Å². The molecule has 0 saturated carbocycles. The first-order valence-corrected chi connectivity index (χ1v) is 40.8. The van der Waals surface area contributed by atoms with Gasteiger partial charge in [0, 0.05) is 25.7 Å². The number of phosphoric ester groups is 2. The second-order valence-corrected chi connectivity index (χ2v) is 28.1. The summed E-state index contributed by atoms with van der Waals surface area (Å²) in [7, 11) is -9.95. The molecule has 17 nitrogen and oxygen atoms in total. The Morgan fingerprint density at radius 1 is 0.302 bits per heavy atom. The maximum absolute atomic E-state index is 13.1. The van der Waals surface area contributed by atoms with E-state index in [9.17, 15) is 43.2 Å². The molecular weight excluding hydrogens is 1260 g/mol. The number of carbonyl (C=O) groups excluding carboxylic acids is 4. The Hall–Kier alpha value is -3.76. The minimum atomic E-state index is -4.98. The Morgan fingerprint density at radius 3 is 0.854 bits per heavy atom. The highest BCUT2D eigenvalue weighted by molar-refractivity contribution is 7.47. The number of allylic oxidation sites excluding steroid dienone is 14. The highest BCUT2D eigenvalue weighted by Gasteiger charge is 2.30. The maximum Gasteiger partial charge on any atom is 0.472 e. The third kappa shape index (κ3) is 68.8. The van der Waals surface area contributed by atoms with E-state index in [0.717, 1.165) is 167 Å². The van der Waals surface area contributed by atoms with Gasteiger partial charge in [0.1, 0.15) is 19.3 Å². The molecule has 0 aliphatic rings. The van der Waals surface area contributed by atoms with Gasteiger partial charge in [-0.2, -0.15) is 0 Å². The number of carbonyl (C=O) groups is 4. The molecular formula is C77H136O17P2. The summed E-state index contributed by atoms with van der Waals surface area (Å²) in [6.45, 7) is 4.68. The van der Waals surface area contributed by atoms with Gasteiger partial charge in [0.25, 0.3) is 0 Å². The molecule has 0 fully saturated rings. The van der Waals surface area contributed by atoms with E-state index in [1.54, 1.807) is 0 Å². The van der Waals surface area contributed by atoms with Crippen molar-refractivity contribution in [2.24, 2.45) is 0 Å². The number of hydrogen-bond donors (Lipinski definition) is 3. The fourth-order valence-corrected chi connectivity index (χ4v) is 11.6. The standard InChI is InChI=1S/C77H136O17P2/c1-5-9-13-17-21-25-29-32-35-38-42-45-49-53-57-61-74(79)87-67-72(93-76(81)63-59-55-51-47-41-28-24-20-16-12-8-4)69-91-95(83,84)89-65-71(78)66-90-96(85,86)92-70-73(94-77(82)64-60-56-52-48-44-40-37-34-31-27-23-19-15-11-7-3)68-88-75(80)62-58-54-50-46-43-39-36-33-30-26-22-18-14-10-6-2/h10,14,21-23,25-27,32-37,71-73,78H,5-9,11-13,15-20,24,28-31,38-70H2,1-4H3,(H,83,84)(H,85,86)/b14-10-,25-21-,26-22-,27-23-,35-32-,36-33-,37-34-. The minimum absolute atomic E-state index is 0.0759. The molecule has 0 aliphatic heterocycles. The number of hydrogen-bond acceptors (Lipinski definition) is 15. The molecule has 0 heterocycles. The van der Waals surface area contributed by atoms with Crippen LogP contribution in [0.5, 0.6) is 0 Å². The fraction of sp³-hybridized carbons (Fsp3) is 0.766. The predicted molar refractivity (Wildman–Crippen MR) is 390 cm³/mol. The van der Waals surface area contributed by atoms with Gasteiger partial charge in [-0.1, -0.05) is 260 Å². The van der Waals surface area contributed by atoms with Gasteiger partial charge in [-0.05, 0) is 122 Å². The van der Waals surface area contributed by atoms with Gasteiger partial charge in [-0.25, -0.2) is 9.13 Å². The number of phosphoric acid groups is 2. The van der Waals surface area contributed by atoms with Crippen LogP contribution in [0.1, 0.15) is 323 Å². The summed E-state index contributed by atoms with van der Waals surface area (Å²) in [5.74, 6) is -2.21. The number of aliphatic hydroxyl groups is 1. The normalized spacial score (nSPS) is 14.4. The average Bonchev–Trinajstić information content (AvgIpc) is 1.09. The first-order chi connectivity index (χ1) is 46.7. The Labute approximate surface area is 583 Å². The third-order valence-electron chi connectivity index (χ3n) is 15.8. The van der Waals surface area contributed by atoms with Crippen molar-refractivity contribution in [3.8, 4) is 0 Å². The molecule has 3 N–H and O–H groups in total. The van der Waals surface area contributed by atoms with Crippen molar-refractivity contribution >= 4 is 39.5 Å². The maximum atomic E-state index is 13.1. The van der Waals surface area contributed by atoms with Crippen molar-refractivity contribution in [2.45, 2.75) is 341 Å². The summed E-state index contributed by atoms with van der Waals surface area (Å²) in [6, 6.07) is 0. The van der Waals surface area contributed by atoms with Crippen LogP contribution in [-0.2, 0) is 65.4 Å². The van der Waals surface area contributed by atoms with E-state index in [0.29, 0.717) is 25.7 Å². The number of ether oxygens (including phenoxy) is 4. The van der Waals surface area contributed by atoms with Crippen molar-refractivity contribution < 1.29 is 80.2 Å². The van der Waals surface area contributed by atoms with Crippen LogP contribution >= 0.6 is 15.6 Å². The van der Waals surface area contributed by atoms with Crippen molar-refractivity contribution in [2.75, 3.05) is 39.6 Å². The first-order valence-electron chi connectivity index (χ1n) is 37.8. The molecule has 556 valence electrons. The summed E-state index contributed by atoms with van der Waals surface area (Å²) >= 11 is 0. The average molecular weight is 1400 g/mol. The van der Waals surface area contributed by atoms with E-state index >= 15 is 0 Å². The van der Waals surface area contributed by atoms with Crippen LogP contribution in [-0.4, -0.2) is 96.7 Å². The second-order valence-electron chi connectivity index (χ2n) is 25.2. The Morgan fingerprint density at radius 2 is 0.542 bits per heavy atom. The predicted octanol–water partition coefficient (Wildman–Crippen LogP) is 21.4. The molecule has 0 spiro atoms. The molecule has 0 bridgehead atoms. The Bertz CT molecular complexity index is 2160. The smallest absolute Gasteiger partial charge is 0.462 e. The van der Waals surface area contributed by atoms with Crippen LogP contribution in [0, 0.1) is 0 Å². The van der Waals surface area contributed by atoms with Gasteiger partial charge in [0.15, 0.2) is 12.2 Å². The largest absolute Gasteiger partial charge is 0.472 e. The van der Waals surface area contributed by atoms with Gasteiger partial charge in [-0.3, -0.25) is 37.3 Å². The van der Waals surface area contributed by atoms with Crippen LogP contribution < -0.4 is 0 Å². The summed E-state index contributed by atoms with van der Waals surface area (Å²) in [4.78, 5) is 72.8. The van der Waals surface area contributed by atoms with Crippen molar-refractivity contribution in [3.05, 3.63) is 85.1 Å². The zero-order chi connectivity index (χ0) is 70.4. The first kappa shape index (κ1) is 92.2. The van der Waals surface area contributed by atoms with E-state index in [1.807, 2.05) is 0 Å². The summed E-state index contributed by atoms with van der Waals surface area (Å²) in [5.41, 5.74) is 0. The lowest BCUT2D eigenvalue weighted by atomic mass is 10.1. The second kappa shape index (κ2) is 69.7. The van der Waals surface area contributed by atoms with Gasteiger partial charge >= 0.3 is 39.5 Å². The van der Waals surface area contributed by atoms with Crippen LogP contribution in [0.15, 0.2) is 85.1 Å². The molecule has 0 saturated heterocycles. The van der Waals surface area contributed by atoms with E-state index in [2.05, 4.69) is 113 Å². The molecule has 96 heavy (non-hydrogen) atoms. The molecule has 19 heteroatoms. The summed E-state index contributed by atoms with van der Waals surface area (Å²) in [6.07, 6.45) is 70.0. The zero-order valence-electron chi connectivity index (χ0n) is 60.5. The molecule has 0 radical (unpaired) electrons. The van der Waals surface area contributed by atoms with E-state index in [1.165, 1.54) is 77.0 Å². The van der Waals surface area contributed by atoms with Crippen molar-refractivity contribution in [3.63, 3.8) is 0 Å². The lowest BCUT2D eigenvalue weighted by Gasteiger charge is -2.21. The third-order valence-corrected chi connectivity index (χ3v) is 17.7. The molecule has 0 rings (SSSR count). The van der Waals surface area contributed by atoms with Crippen LogP contribution in [0.2, 0.25) is 0 Å². The topological polar surface area (TPSA) is 237 Å². The monoisotopic (exact) mass is 1390 g/mol. The molecule has 0 amide bonds. The van der Waals surface area contributed by atoms with E-state index in [-0.39, 0.29) is 25.7 Å². The SMILES string of the molecule is CC/C=C\C/C=C\C/C=C\CCCCCCCC(=O)OCC(COP(=O)(O)OCC(O)COP(=O)(O)OCC(COC(=O)CCCCCCC/C=C\C/C=C\CCCCC)OC(=O)CCCCCCCCCCCCC)OC(=O)CCCCCCC/C=C\C/C=C\CCCCC. The zero-order valence-corrected chi connectivity index (χ0v) is 62.3. The lowest BCUT2D eigenvalue weighted by molar-refractivity contribution is -0.161. The van der Waals surface area contributed by atoms with E-state index < -0.39 is 97.5 Å². The minimum Gasteiger partial charge on any atom is -0.462 e. The quantitative estimate of drug-likeness (QED) is 0.0169. The van der Waals surface area contributed by atoms with Crippen LogP contribution in [0.3, 0.4) is 0 Å². The molecule has 0 aliphatic carbocycles. The number of rotatable bonds is 71. The molecule has 5 unspecified atom stereocenters. The number of unbranched alkanes of at least 4 members (excludes halogenated alkanes) is 31. The Kier molecular flexibility index (Phi) is 67.0.